The Kier molecular flexibility index (Phi) is 5.52. The topological polar surface area (TPSA) is 99.2 Å². The number of epoxide rings is 1. The number of thiophene rings is 2. The summed E-state index contributed by atoms with van der Waals surface area (Å²) in [5.41, 5.74) is -1.72. The Balaban J connectivity index is 0.000000503. The highest BCUT2D eigenvalue weighted by atomic mass is 32.1. The number of aliphatic carboxylic acids is 1. The number of carbonyl (C=O) groups excluding carboxylic acids is 2. The van der Waals surface area contributed by atoms with E-state index in [1.54, 1.807) is 12.1 Å². The highest BCUT2D eigenvalue weighted by Crippen LogP contribution is 2.52. The Labute approximate surface area is 183 Å². The normalized spacial score (nSPS) is 30.6. The Bertz CT molecular complexity index is 852. The highest BCUT2D eigenvalue weighted by molar-refractivity contribution is 7.12. The standard InChI is InChI=1S/C19H22NO4S2.C2H4O2/c1-20(2)12-9-11(10-13(20)17-16(12)24-17)23-18(21)19(22,14-5-3-7-25-14)15-6-4-8-26-15;1-2(3)4/h3-8,11-13,16-17,22H,9-10H2,1-2H3;1H3,(H,3,4)/q+1;/p-1/t11?,12-,13-,16-,17+;/m0./s1. The monoisotopic (exact) mass is 451 g/mol. The summed E-state index contributed by atoms with van der Waals surface area (Å²) < 4.78 is 12.6. The predicted molar refractivity (Wildman–Crippen MR) is 110 cm³/mol. The van der Waals surface area contributed by atoms with Gasteiger partial charge in [-0.1, -0.05) is 12.1 Å². The third kappa shape index (κ3) is 3.58. The van der Waals surface area contributed by atoms with Crippen LogP contribution in [0.5, 0.6) is 0 Å². The van der Waals surface area contributed by atoms with Crippen molar-refractivity contribution in [3.05, 3.63) is 44.8 Å². The number of ether oxygens (including phenoxy) is 2. The molecule has 5 atom stereocenters. The molecule has 0 saturated carbocycles. The molecular weight excluding hydrogens is 426 g/mol. The number of likely N-dealkylation sites (N-methyl/N-ethyl adjacent to an activating group) is 1. The number of esters is 1. The van der Waals surface area contributed by atoms with Gasteiger partial charge >= 0.3 is 5.97 Å². The van der Waals surface area contributed by atoms with Gasteiger partial charge in [-0.15, -0.1) is 22.7 Å². The molecule has 162 valence electrons. The van der Waals surface area contributed by atoms with Gasteiger partial charge in [0.2, 0.25) is 5.60 Å². The second-order valence-corrected chi connectivity index (χ2v) is 10.4. The van der Waals surface area contributed by atoms with Gasteiger partial charge in [0.25, 0.3) is 0 Å². The van der Waals surface area contributed by atoms with E-state index in [1.165, 1.54) is 22.7 Å². The second kappa shape index (κ2) is 7.72. The van der Waals surface area contributed by atoms with Crippen LogP contribution in [0.2, 0.25) is 0 Å². The lowest BCUT2D eigenvalue weighted by Gasteiger charge is -2.45. The van der Waals surface area contributed by atoms with Crippen molar-refractivity contribution in [2.24, 2.45) is 0 Å². The highest BCUT2D eigenvalue weighted by Gasteiger charge is 2.71. The van der Waals surface area contributed by atoms with Crippen LogP contribution in [0.1, 0.15) is 29.5 Å². The molecule has 1 N–H and O–H groups in total. The molecule has 5 heterocycles. The van der Waals surface area contributed by atoms with E-state index < -0.39 is 17.5 Å². The smallest absolute Gasteiger partial charge is 0.349 e. The van der Waals surface area contributed by atoms with Crippen molar-refractivity contribution in [1.82, 2.24) is 0 Å². The summed E-state index contributed by atoms with van der Waals surface area (Å²) in [6, 6.07) is 8.01. The van der Waals surface area contributed by atoms with Crippen LogP contribution in [-0.2, 0) is 24.7 Å². The van der Waals surface area contributed by atoms with E-state index in [0.29, 0.717) is 34.0 Å². The largest absolute Gasteiger partial charge is 0.550 e. The molecule has 2 bridgehead atoms. The van der Waals surface area contributed by atoms with Crippen molar-refractivity contribution in [2.45, 2.75) is 55.8 Å². The quantitative estimate of drug-likeness (QED) is 0.425. The van der Waals surface area contributed by atoms with Gasteiger partial charge in [0, 0.05) is 18.8 Å². The van der Waals surface area contributed by atoms with Crippen molar-refractivity contribution in [1.29, 1.82) is 0 Å². The molecule has 1 unspecified atom stereocenters. The van der Waals surface area contributed by atoms with Gasteiger partial charge in [0.1, 0.15) is 30.4 Å². The molecular formula is C21H25NO6S2. The zero-order valence-electron chi connectivity index (χ0n) is 17.0. The Hall–Kier alpha value is -1.78. The van der Waals surface area contributed by atoms with Gasteiger partial charge < -0.3 is 29.0 Å². The molecule has 2 aromatic heterocycles. The van der Waals surface area contributed by atoms with Crippen LogP contribution in [0.25, 0.3) is 0 Å². The summed E-state index contributed by atoms with van der Waals surface area (Å²) in [7, 11) is 4.49. The summed E-state index contributed by atoms with van der Waals surface area (Å²) in [5.74, 6) is -1.64. The van der Waals surface area contributed by atoms with Crippen LogP contribution >= 0.6 is 22.7 Å². The Morgan fingerprint density at radius 1 is 1.13 bits per heavy atom. The summed E-state index contributed by atoms with van der Waals surface area (Å²) in [5, 5.41) is 24.0. The van der Waals surface area contributed by atoms with Crippen molar-refractivity contribution in [3.63, 3.8) is 0 Å². The molecule has 3 aliphatic rings. The van der Waals surface area contributed by atoms with Gasteiger partial charge in [0.05, 0.1) is 23.8 Å². The fourth-order valence-electron chi connectivity index (χ4n) is 4.83. The fraction of sp³-hybridized carbons (Fsp3) is 0.524. The number of carbonyl (C=O) groups is 2. The number of nitrogens with zero attached hydrogens (tertiary/aromatic N) is 1. The summed E-state index contributed by atoms with van der Waals surface area (Å²) in [6.45, 7) is 0.972. The number of quaternary nitrogens is 1. The third-order valence-electron chi connectivity index (χ3n) is 6.36. The van der Waals surface area contributed by atoms with Crippen LogP contribution in [0.3, 0.4) is 0 Å². The number of carboxylic acid groups (broad SMARTS) is 1. The zero-order valence-corrected chi connectivity index (χ0v) is 18.7. The van der Waals surface area contributed by atoms with E-state index in [2.05, 4.69) is 14.1 Å². The molecule has 7 nitrogen and oxygen atoms in total. The molecule has 3 fully saturated rings. The minimum atomic E-state index is -1.72. The number of hydrogen-bond acceptors (Lipinski definition) is 8. The number of carboxylic acids is 1. The number of hydrogen-bond donors (Lipinski definition) is 1. The number of fused-ring (bicyclic) bond motifs is 5. The molecule has 5 rings (SSSR count). The van der Waals surface area contributed by atoms with Crippen molar-refractivity contribution in [3.8, 4) is 0 Å². The van der Waals surface area contributed by atoms with Gasteiger partial charge in [-0.2, -0.15) is 0 Å². The van der Waals surface area contributed by atoms with Crippen molar-refractivity contribution < 1.29 is 33.8 Å². The van der Waals surface area contributed by atoms with Crippen LogP contribution in [0, 0.1) is 0 Å². The molecule has 3 aliphatic heterocycles. The molecule has 9 heteroatoms. The first-order chi connectivity index (χ1) is 14.2. The van der Waals surface area contributed by atoms with Gasteiger partial charge in [-0.25, -0.2) is 4.79 Å². The van der Waals surface area contributed by atoms with Crippen molar-refractivity contribution >= 4 is 34.6 Å². The Morgan fingerprint density at radius 3 is 2.00 bits per heavy atom. The number of piperidine rings is 1. The minimum Gasteiger partial charge on any atom is -0.550 e. The van der Waals surface area contributed by atoms with Crippen LogP contribution < -0.4 is 5.11 Å². The maximum absolute atomic E-state index is 13.1. The zero-order chi connectivity index (χ0) is 21.7. The van der Waals surface area contributed by atoms with Gasteiger partial charge in [-0.3, -0.25) is 0 Å². The molecule has 0 spiro atoms. The molecule has 30 heavy (non-hydrogen) atoms. The first kappa shape index (κ1) is 21.5. The van der Waals surface area contributed by atoms with E-state index in [9.17, 15) is 9.90 Å². The molecule has 2 aromatic rings. The third-order valence-corrected chi connectivity index (χ3v) is 8.32. The first-order valence-corrected chi connectivity index (χ1v) is 11.6. The van der Waals surface area contributed by atoms with E-state index in [0.717, 1.165) is 24.2 Å². The second-order valence-electron chi connectivity index (χ2n) is 8.48. The van der Waals surface area contributed by atoms with Gasteiger partial charge in [0.15, 0.2) is 0 Å². The molecule has 3 saturated heterocycles. The van der Waals surface area contributed by atoms with Gasteiger partial charge in [-0.05, 0) is 29.8 Å². The lowest BCUT2D eigenvalue weighted by atomic mass is 9.95. The predicted octanol–water partition coefficient (Wildman–Crippen LogP) is 1.10. The Morgan fingerprint density at radius 2 is 1.60 bits per heavy atom. The molecule has 0 aliphatic carbocycles. The minimum absolute atomic E-state index is 0.161. The summed E-state index contributed by atoms with van der Waals surface area (Å²) in [4.78, 5) is 23.2. The number of rotatable bonds is 4. The maximum atomic E-state index is 13.1. The summed E-state index contributed by atoms with van der Waals surface area (Å²) in [6.07, 6.45) is 2.05. The fourth-order valence-corrected chi connectivity index (χ4v) is 6.54. The summed E-state index contributed by atoms with van der Waals surface area (Å²) >= 11 is 2.74. The molecule has 0 aromatic carbocycles. The maximum Gasteiger partial charge on any atom is 0.349 e. The average molecular weight is 452 g/mol. The van der Waals surface area contributed by atoms with E-state index in [4.69, 9.17) is 19.4 Å². The van der Waals surface area contributed by atoms with Crippen LogP contribution in [0.4, 0.5) is 0 Å². The van der Waals surface area contributed by atoms with E-state index in [1.807, 2.05) is 22.9 Å². The van der Waals surface area contributed by atoms with Crippen molar-refractivity contribution in [2.75, 3.05) is 14.1 Å². The van der Waals surface area contributed by atoms with E-state index in [-0.39, 0.29) is 6.10 Å². The lowest BCUT2D eigenvalue weighted by molar-refractivity contribution is -0.938. The molecule has 0 amide bonds. The molecule has 0 radical (unpaired) electrons. The van der Waals surface area contributed by atoms with Crippen LogP contribution in [0.15, 0.2) is 35.0 Å². The number of aliphatic hydroxyl groups is 1. The number of morpholine rings is 1. The van der Waals surface area contributed by atoms with E-state index >= 15 is 0 Å². The lowest BCUT2D eigenvalue weighted by Crippen LogP contribution is -2.60. The average Bonchev–Trinajstić information content (AvgIpc) is 3.02. The SMILES string of the molecule is CC(=O)[O-].C[N+]1(C)[C@H]2CC(OC(=O)C(O)(c3cccs3)c3cccs3)C[C@H]1[C@H]1O[C@H]12. The van der Waals surface area contributed by atoms with Crippen LogP contribution in [-0.4, -0.2) is 66.0 Å². The first-order valence-electron chi connectivity index (χ1n) is 9.83.